The Bertz CT molecular complexity index is 518. The van der Waals surface area contributed by atoms with E-state index in [-0.39, 0.29) is 22.7 Å². The Labute approximate surface area is 72.0 Å². The number of nitrogens with two attached hydrogens (primary N) is 1. The quantitative estimate of drug-likeness (QED) is 0.535. The first kappa shape index (κ1) is 7.59. The molecule has 0 aromatic carbocycles. The minimum atomic E-state index is -0.357. The van der Waals surface area contributed by atoms with Crippen molar-refractivity contribution in [2.45, 2.75) is 6.92 Å². The highest BCUT2D eigenvalue weighted by atomic mass is 16.1. The zero-order valence-electron chi connectivity index (χ0n) is 6.77. The lowest BCUT2D eigenvalue weighted by Crippen LogP contribution is -2.14. The summed E-state index contributed by atoms with van der Waals surface area (Å²) in [5, 5.41) is 7.12. The molecule has 2 aromatic rings. The minimum Gasteiger partial charge on any atom is -0.366 e. The molecule has 3 N–H and O–H groups in total. The molecule has 2 aromatic heterocycles. The molecule has 2 rings (SSSR count). The highest BCUT2D eigenvalue weighted by Gasteiger charge is 2.04. The molecule has 0 aliphatic carbocycles. The van der Waals surface area contributed by atoms with Gasteiger partial charge in [0.15, 0.2) is 5.52 Å². The molecule has 0 aliphatic heterocycles. The molecule has 0 atom stereocenters. The van der Waals surface area contributed by atoms with Crippen LogP contribution in [0.1, 0.15) is 5.82 Å². The first-order valence-electron chi connectivity index (χ1n) is 3.53. The van der Waals surface area contributed by atoms with Crippen molar-refractivity contribution in [1.82, 2.24) is 25.1 Å². The van der Waals surface area contributed by atoms with Gasteiger partial charge in [0.1, 0.15) is 5.82 Å². The number of hydrogen-bond donors (Lipinski definition) is 2. The van der Waals surface area contributed by atoms with Gasteiger partial charge < -0.3 is 10.7 Å². The van der Waals surface area contributed by atoms with Gasteiger partial charge in [-0.1, -0.05) is 0 Å². The second kappa shape index (κ2) is 2.47. The van der Waals surface area contributed by atoms with Gasteiger partial charge in [-0.2, -0.15) is 0 Å². The van der Waals surface area contributed by atoms with E-state index in [4.69, 9.17) is 5.73 Å². The van der Waals surface area contributed by atoms with Crippen molar-refractivity contribution in [2.75, 3.05) is 5.73 Å². The first-order chi connectivity index (χ1) is 6.16. The molecule has 0 unspecified atom stereocenters. The van der Waals surface area contributed by atoms with Crippen molar-refractivity contribution in [3.63, 3.8) is 0 Å². The molecule has 0 saturated carbocycles. The maximum Gasteiger partial charge on any atom is 0.279 e. The predicted molar refractivity (Wildman–Crippen MR) is 44.9 cm³/mol. The SMILES string of the molecule is Cc1nc2nnc(N)nc2c(=O)[nH]1. The maximum atomic E-state index is 11.3. The largest absolute Gasteiger partial charge is 0.366 e. The average Bonchev–Trinajstić information content (AvgIpc) is 2.06. The number of fused-ring (bicyclic) bond motifs is 1. The highest BCUT2D eigenvalue weighted by molar-refractivity contribution is 5.68. The molecule has 13 heavy (non-hydrogen) atoms. The summed E-state index contributed by atoms with van der Waals surface area (Å²) in [6.45, 7) is 1.65. The topological polar surface area (TPSA) is 110 Å². The van der Waals surface area contributed by atoms with Crippen molar-refractivity contribution in [1.29, 1.82) is 0 Å². The number of aromatic nitrogens is 5. The molecule has 0 amide bonds. The normalized spacial score (nSPS) is 10.5. The molecule has 0 radical (unpaired) electrons. The van der Waals surface area contributed by atoms with Gasteiger partial charge in [0, 0.05) is 0 Å². The summed E-state index contributed by atoms with van der Waals surface area (Å²) in [6.07, 6.45) is 0. The van der Waals surface area contributed by atoms with Crippen molar-refractivity contribution < 1.29 is 0 Å². The van der Waals surface area contributed by atoms with E-state index in [1.807, 2.05) is 0 Å². The monoisotopic (exact) mass is 178 g/mol. The Morgan fingerprint density at radius 1 is 1.31 bits per heavy atom. The predicted octanol–water partition coefficient (Wildman–Crippen LogP) is -1.00. The van der Waals surface area contributed by atoms with E-state index in [0.29, 0.717) is 5.82 Å². The van der Waals surface area contributed by atoms with Gasteiger partial charge in [-0.15, -0.1) is 10.2 Å². The van der Waals surface area contributed by atoms with Crippen LogP contribution in [0.5, 0.6) is 0 Å². The summed E-state index contributed by atoms with van der Waals surface area (Å²) in [7, 11) is 0. The molecule has 7 heteroatoms. The summed E-state index contributed by atoms with van der Waals surface area (Å²) in [6, 6.07) is 0. The third kappa shape index (κ3) is 1.19. The number of rotatable bonds is 0. The smallest absolute Gasteiger partial charge is 0.279 e. The maximum absolute atomic E-state index is 11.3. The molecule has 66 valence electrons. The molecule has 0 spiro atoms. The standard InChI is InChI=1S/C6H6N6O/c1-2-8-4-3(5(13)9-2)10-6(7)12-11-4/h1H3,(H2,7,10,12)(H,8,9,11,13). The van der Waals surface area contributed by atoms with Crippen LogP contribution in [0.25, 0.3) is 11.2 Å². The number of anilines is 1. The Morgan fingerprint density at radius 2 is 2.08 bits per heavy atom. The number of nitrogens with one attached hydrogen (secondary N) is 1. The summed E-state index contributed by atoms with van der Waals surface area (Å²) in [5.74, 6) is 0.432. The number of nitrogen functional groups attached to an aromatic ring is 1. The molecule has 2 heterocycles. The van der Waals surface area contributed by atoms with Crippen LogP contribution in [0.4, 0.5) is 5.95 Å². The lowest BCUT2D eigenvalue weighted by Gasteiger charge is -1.95. The van der Waals surface area contributed by atoms with Gasteiger partial charge in [0.25, 0.3) is 5.56 Å². The first-order valence-corrected chi connectivity index (χ1v) is 3.53. The zero-order valence-corrected chi connectivity index (χ0v) is 6.77. The van der Waals surface area contributed by atoms with Crippen LogP contribution in [0.3, 0.4) is 0 Å². The molecule has 0 fully saturated rings. The second-order valence-electron chi connectivity index (χ2n) is 2.49. The van der Waals surface area contributed by atoms with Crippen LogP contribution in [0.2, 0.25) is 0 Å². The van der Waals surface area contributed by atoms with Gasteiger partial charge in [0.2, 0.25) is 11.6 Å². The molecular weight excluding hydrogens is 172 g/mol. The van der Waals surface area contributed by atoms with Crippen LogP contribution in [-0.4, -0.2) is 25.1 Å². The van der Waals surface area contributed by atoms with E-state index in [1.54, 1.807) is 6.92 Å². The van der Waals surface area contributed by atoms with E-state index in [0.717, 1.165) is 0 Å². The second-order valence-corrected chi connectivity index (χ2v) is 2.49. The number of aromatic amines is 1. The number of H-pyrrole nitrogens is 1. The Balaban J connectivity index is 2.95. The molecule has 0 saturated heterocycles. The van der Waals surface area contributed by atoms with Crippen LogP contribution in [0.15, 0.2) is 4.79 Å². The highest BCUT2D eigenvalue weighted by Crippen LogP contribution is 1.98. The van der Waals surface area contributed by atoms with E-state index in [1.165, 1.54) is 0 Å². The van der Waals surface area contributed by atoms with Gasteiger partial charge in [0.05, 0.1) is 0 Å². The van der Waals surface area contributed by atoms with E-state index in [9.17, 15) is 4.79 Å². The molecule has 7 nitrogen and oxygen atoms in total. The minimum absolute atomic E-state index is 0.0383. The van der Waals surface area contributed by atoms with Gasteiger partial charge in [-0.05, 0) is 6.92 Å². The zero-order chi connectivity index (χ0) is 9.42. The third-order valence-electron chi connectivity index (χ3n) is 1.47. The van der Waals surface area contributed by atoms with E-state index in [2.05, 4.69) is 25.1 Å². The van der Waals surface area contributed by atoms with Crippen LogP contribution >= 0.6 is 0 Å². The van der Waals surface area contributed by atoms with Crippen molar-refractivity contribution >= 4 is 17.1 Å². The van der Waals surface area contributed by atoms with Crippen molar-refractivity contribution in [3.8, 4) is 0 Å². The molecular formula is C6H6N6O. The third-order valence-corrected chi connectivity index (χ3v) is 1.47. The Morgan fingerprint density at radius 3 is 2.85 bits per heavy atom. The summed E-state index contributed by atoms with van der Waals surface area (Å²) >= 11 is 0. The summed E-state index contributed by atoms with van der Waals surface area (Å²) < 4.78 is 0. The van der Waals surface area contributed by atoms with Crippen molar-refractivity contribution in [3.05, 3.63) is 16.2 Å². The van der Waals surface area contributed by atoms with Crippen LogP contribution in [-0.2, 0) is 0 Å². The Hall–Kier alpha value is -2.05. The number of nitrogens with zero attached hydrogens (tertiary/aromatic N) is 4. The van der Waals surface area contributed by atoms with Gasteiger partial charge >= 0.3 is 0 Å². The number of hydrogen-bond acceptors (Lipinski definition) is 6. The number of aryl methyl sites for hydroxylation is 1. The fourth-order valence-corrected chi connectivity index (χ4v) is 0.971. The molecule has 0 bridgehead atoms. The fraction of sp³-hybridized carbons (Fsp3) is 0.167. The fourth-order valence-electron chi connectivity index (χ4n) is 0.971. The van der Waals surface area contributed by atoms with Crippen molar-refractivity contribution in [2.24, 2.45) is 0 Å². The van der Waals surface area contributed by atoms with Crippen LogP contribution < -0.4 is 11.3 Å². The Kier molecular flexibility index (Phi) is 1.44. The summed E-state index contributed by atoms with van der Waals surface area (Å²) in [4.78, 5) is 21.4. The van der Waals surface area contributed by atoms with E-state index >= 15 is 0 Å². The average molecular weight is 178 g/mol. The lowest BCUT2D eigenvalue weighted by molar-refractivity contribution is 0.965. The summed E-state index contributed by atoms with van der Waals surface area (Å²) in [5.41, 5.74) is 5.22. The van der Waals surface area contributed by atoms with Gasteiger partial charge in [-0.3, -0.25) is 4.79 Å². The molecule has 0 aliphatic rings. The lowest BCUT2D eigenvalue weighted by atomic mass is 10.5. The van der Waals surface area contributed by atoms with Crippen LogP contribution in [0, 0.1) is 6.92 Å². The van der Waals surface area contributed by atoms with E-state index < -0.39 is 0 Å². The van der Waals surface area contributed by atoms with Gasteiger partial charge in [-0.25, -0.2) is 9.97 Å².